The van der Waals surface area contributed by atoms with Crippen LogP contribution >= 0.6 is 0 Å². The van der Waals surface area contributed by atoms with Crippen molar-refractivity contribution in [3.8, 4) is 0 Å². The number of rotatable bonds is 8. The fraction of sp³-hybridized carbons (Fsp3) is 0.259. The summed E-state index contributed by atoms with van der Waals surface area (Å²) >= 11 is 0. The summed E-state index contributed by atoms with van der Waals surface area (Å²) in [6, 6.07) is 12.2. The summed E-state index contributed by atoms with van der Waals surface area (Å²) < 4.78 is 34.9. The molecule has 0 saturated carbocycles. The van der Waals surface area contributed by atoms with E-state index in [1.54, 1.807) is 32.1 Å². The summed E-state index contributed by atoms with van der Waals surface area (Å²) in [6.07, 6.45) is 1.76. The molecule has 0 aliphatic rings. The molecule has 188 valence electrons. The number of benzene rings is 2. The van der Waals surface area contributed by atoms with Gasteiger partial charge in [0.15, 0.2) is 0 Å². The van der Waals surface area contributed by atoms with Gasteiger partial charge in [0.2, 0.25) is 5.88 Å². The number of aromatic nitrogens is 2. The molecule has 2 aromatic heterocycles. The van der Waals surface area contributed by atoms with Crippen LogP contribution in [-0.4, -0.2) is 24.0 Å². The number of carbonyl (C=O) groups excluding carboxylic acids is 1. The lowest BCUT2D eigenvalue weighted by molar-refractivity contribution is 0.101. The van der Waals surface area contributed by atoms with Crippen molar-refractivity contribution in [2.24, 2.45) is 0 Å². The highest BCUT2D eigenvalue weighted by Gasteiger charge is 2.22. The van der Waals surface area contributed by atoms with Gasteiger partial charge in [-0.3, -0.25) is 4.79 Å². The van der Waals surface area contributed by atoms with Crippen LogP contribution in [-0.2, 0) is 16.6 Å². The second-order valence-electron chi connectivity index (χ2n) is 9.11. The van der Waals surface area contributed by atoms with Crippen molar-refractivity contribution in [3.63, 3.8) is 0 Å². The van der Waals surface area contributed by atoms with Crippen molar-refractivity contribution in [2.45, 2.75) is 52.0 Å². The van der Waals surface area contributed by atoms with Crippen LogP contribution in [0, 0.1) is 20.8 Å². The molecule has 36 heavy (non-hydrogen) atoms. The molecule has 2 N–H and O–H groups in total. The quantitative estimate of drug-likeness (QED) is 0.289. The molecule has 0 unspecified atom stereocenters. The molecular formula is C27H30N4O4S. The highest BCUT2D eigenvalue weighted by molar-refractivity contribution is 7.92. The number of sulfonamides is 1. The minimum absolute atomic E-state index is 0.0344. The fourth-order valence-corrected chi connectivity index (χ4v) is 5.16. The van der Waals surface area contributed by atoms with Gasteiger partial charge in [-0.2, -0.15) is 0 Å². The van der Waals surface area contributed by atoms with Crippen molar-refractivity contribution in [1.29, 1.82) is 0 Å². The zero-order valence-corrected chi connectivity index (χ0v) is 21.9. The maximum atomic E-state index is 13.4. The van der Waals surface area contributed by atoms with Crippen LogP contribution in [0.15, 0.2) is 64.5 Å². The third-order valence-electron chi connectivity index (χ3n) is 6.34. The molecule has 0 fully saturated rings. The van der Waals surface area contributed by atoms with Gasteiger partial charge in [0.25, 0.3) is 15.9 Å². The smallest absolute Gasteiger partial charge is 0.272 e. The first-order chi connectivity index (χ1) is 17.0. The molecule has 0 radical (unpaired) electrons. The number of fused-ring (bicyclic) bond motifs is 1. The van der Waals surface area contributed by atoms with Gasteiger partial charge in [-0.15, -0.1) is 6.58 Å². The maximum absolute atomic E-state index is 13.4. The van der Waals surface area contributed by atoms with E-state index < -0.39 is 10.0 Å². The summed E-state index contributed by atoms with van der Waals surface area (Å²) in [5.74, 6) is 0.171. The van der Waals surface area contributed by atoms with Crippen LogP contribution < -0.4 is 10.0 Å². The lowest BCUT2D eigenvalue weighted by Crippen LogP contribution is -2.18. The highest BCUT2D eigenvalue weighted by atomic mass is 32.2. The largest absolute Gasteiger partial charge is 0.337 e. The first-order valence-electron chi connectivity index (χ1n) is 11.6. The topological polar surface area (TPSA) is 106 Å². The van der Waals surface area contributed by atoms with Crippen molar-refractivity contribution in [3.05, 3.63) is 83.2 Å². The number of aryl methyl sites for hydroxylation is 2. The molecule has 1 amide bonds. The fourth-order valence-electron chi connectivity index (χ4n) is 4.11. The van der Waals surface area contributed by atoms with Crippen LogP contribution in [0.2, 0.25) is 0 Å². The summed E-state index contributed by atoms with van der Waals surface area (Å²) in [6.45, 7) is 14.0. The predicted molar refractivity (Wildman–Crippen MR) is 142 cm³/mol. The molecule has 0 spiro atoms. The molecule has 0 aliphatic heterocycles. The number of anilines is 2. The van der Waals surface area contributed by atoms with E-state index in [2.05, 4.69) is 47.8 Å². The molecule has 0 aliphatic carbocycles. The van der Waals surface area contributed by atoms with Gasteiger partial charge >= 0.3 is 0 Å². The molecule has 0 atom stereocenters. The number of hydrogen-bond donors (Lipinski definition) is 2. The van der Waals surface area contributed by atoms with Gasteiger partial charge in [0, 0.05) is 28.7 Å². The van der Waals surface area contributed by atoms with Gasteiger partial charge < -0.3 is 14.4 Å². The molecule has 0 bridgehead atoms. The molecule has 2 aromatic carbocycles. The molecule has 4 rings (SSSR count). The standard InChI is InChI=1S/C27H30N4O4S/c1-7-14-31-24-13-8-20(16(2)3)15-23(24)18(5)25(31)26(32)28-21-9-11-22(12-10-21)36(33,34)30-27-17(4)19(6)29-35-27/h7-13,15-16,30H,1,14H2,2-6H3,(H,28,32). The lowest BCUT2D eigenvalue weighted by atomic mass is 10.0. The predicted octanol–water partition coefficient (Wildman–Crippen LogP) is 5.92. The second kappa shape index (κ2) is 9.66. The van der Waals surface area contributed by atoms with E-state index in [1.807, 2.05) is 17.6 Å². The monoisotopic (exact) mass is 506 g/mol. The SMILES string of the molecule is C=CCn1c(C(=O)Nc2ccc(S(=O)(=O)Nc3onc(C)c3C)cc2)c(C)c2cc(C(C)C)ccc21. The van der Waals surface area contributed by atoms with Crippen LogP contribution in [0.5, 0.6) is 0 Å². The van der Waals surface area contributed by atoms with E-state index in [-0.39, 0.29) is 16.7 Å². The van der Waals surface area contributed by atoms with Crippen molar-refractivity contribution < 1.29 is 17.7 Å². The average molecular weight is 507 g/mol. The maximum Gasteiger partial charge on any atom is 0.272 e. The van der Waals surface area contributed by atoms with E-state index >= 15 is 0 Å². The van der Waals surface area contributed by atoms with Gasteiger partial charge in [-0.25, -0.2) is 13.1 Å². The normalized spacial score (nSPS) is 11.7. The van der Waals surface area contributed by atoms with E-state index in [0.717, 1.165) is 16.5 Å². The van der Waals surface area contributed by atoms with E-state index in [1.165, 1.54) is 17.7 Å². The summed E-state index contributed by atoms with van der Waals surface area (Å²) in [5.41, 5.74) is 5.29. The molecule has 4 aromatic rings. The summed E-state index contributed by atoms with van der Waals surface area (Å²) in [7, 11) is -3.88. The second-order valence-corrected chi connectivity index (χ2v) is 10.8. The Labute approximate surface area is 211 Å². The van der Waals surface area contributed by atoms with Gasteiger partial charge in [0.05, 0.1) is 10.6 Å². The van der Waals surface area contributed by atoms with Crippen molar-refractivity contribution >= 4 is 38.4 Å². The van der Waals surface area contributed by atoms with Gasteiger partial charge in [-0.1, -0.05) is 31.1 Å². The number of nitrogens with zero attached hydrogens (tertiary/aromatic N) is 2. The summed E-state index contributed by atoms with van der Waals surface area (Å²) in [5, 5.41) is 7.69. The van der Waals surface area contributed by atoms with E-state index in [0.29, 0.717) is 35.1 Å². The lowest BCUT2D eigenvalue weighted by Gasteiger charge is -2.11. The Bertz CT molecular complexity index is 1560. The minimum Gasteiger partial charge on any atom is -0.337 e. The van der Waals surface area contributed by atoms with E-state index in [4.69, 9.17) is 4.52 Å². The number of amides is 1. The molecule has 9 heteroatoms. The first kappa shape index (κ1) is 25.2. The number of nitrogens with one attached hydrogen (secondary N) is 2. The zero-order chi connectivity index (χ0) is 26.2. The van der Waals surface area contributed by atoms with Crippen LogP contribution in [0.1, 0.15) is 52.6 Å². The van der Waals surface area contributed by atoms with Crippen molar-refractivity contribution in [2.75, 3.05) is 10.0 Å². The van der Waals surface area contributed by atoms with Gasteiger partial charge in [0.1, 0.15) is 5.69 Å². The Morgan fingerprint density at radius 3 is 2.39 bits per heavy atom. The number of hydrogen-bond acceptors (Lipinski definition) is 5. The third-order valence-corrected chi connectivity index (χ3v) is 7.69. The van der Waals surface area contributed by atoms with Crippen LogP contribution in [0.25, 0.3) is 10.9 Å². The van der Waals surface area contributed by atoms with Crippen LogP contribution in [0.3, 0.4) is 0 Å². The summed E-state index contributed by atoms with van der Waals surface area (Å²) in [4.78, 5) is 13.4. The van der Waals surface area contributed by atoms with Crippen LogP contribution in [0.4, 0.5) is 11.6 Å². The van der Waals surface area contributed by atoms with E-state index in [9.17, 15) is 13.2 Å². The highest BCUT2D eigenvalue weighted by Crippen LogP contribution is 2.30. The third kappa shape index (κ3) is 4.66. The minimum atomic E-state index is -3.88. The molecule has 2 heterocycles. The first-order valence-corrected chi connectivity index (χ1v) is 13.1. The Balaban J connectivity index is 1.61. The molecular weight excluding hydrogens is 476 g/mol. The van der Waals surface area contributed by atoms with Crippen molar-refractivity contribution in [1.82, 2.24) is 9.72 Å². The Morgan fingerprint density at radius 1 is 1.11 bits per heavy atom. The number of carbonyl (C=O) groups is 1. The Morgan fingerprint density at radius 2 is 1.81 bits per heavy atom. The number of allylic oxidation sites excluding steroid dienone is 1. The molecule has 8 nitrogen and oxygen atoms in total. The zero-order valence-electron chi connectivity index (χ0n) is 21.0. The van der Waals surface area contributed by atoms with Gasteiger partial charge in [-0.05, 0) is 74.2 Å². The Hall–Kier alpha value is -3.85. The Kier molecular flexibility index (Phi) is 6.77. The molecule has 0 saturated heterocycles. The average Bonchev–Trinajstić information content (AvgIpc) is 3.30.